The Morgan fingerprint density at radius 2 is 2.24 bits per heavy atom. The van der Waals surface area contributed by atoms with E-state index in [9.17, 15) is 0 Å². The standard InChI is InChI=1S/C14H19N3/c1-14(2)7-3-4-11-13(14)16-12-6-5-10(8-15)9-17(11)12/h5-6,9H,3-4,7-8,15H2,1-2H3. The van der Waals surface area contributed by atoms with Gasteiger partial charge in [-0.25, -0.2) is 4.98 Å². The summed E-state index contributed by atoms with van der Waals surface area (Å²) in [4.78, 5) is 4.80. The number of rotatable bonds is 1. The molecule has 0 saturated carbocycles. The minimum absolute atomic E-state index is 0.211. The number of hydrogen-bond acceptors (Lipinski definition) is 2. The minimum atomic E-state index is 0.211. The molecule has 3 rings (SSSR count). The molecule has 0 unspecified atom stereocenters. The first-order valence-electron chi connectivity index (χ1n) is 6.32. The van der Waals surface area contributed by atoms with E-state index in [0.29, 0.717) is 6.54 Å². The second kappa shape index (κ2) is 3.57. The van der Waals surface area contributed by atoms with Crippen molar-refractivity contribution in [2.24, 2.45) is 5.73 Å². The minimum Gasteiger partial charge on any atom is -0.326 e. The van der Waals surface area contributed by atoms with E-state index in [4.69, 9.17) is 10.7 Å². The van der Waals surface area contributed by atoms with Gasteiger partial charge in [-0.3, -0.25) is 0 Å². The Hall–Kier alpha value is -1.35. The van der Waals surface area contributed by atoms with Crippen LogP contribution in [-0.2, 0) is 18.4 Å². The van der Waals surface area contributed by atoms with E-state index < -0.39 is 0 Å². The van der Waals surface area contributed by atoms with Crippen molar-refractivity contribution in [1.82, 2.24) is 9.38 Å². The first-order chi connectivity index (χ1) is 8.12. The maximum atomic E-state index is 5.71. The SMILES string of the molecule is CC1(C)CCCc2c1nc1ccc(CN)cn21. The van der Waals surface area contributed by atoms with Crippen molar-refractivity contribution in [3.63, 3.8) is 0 Å². The lowest BCUT2D eigenvalue weighted by Crippen LogP contribution is -2.24. The lowest BCUT2D eigenvalue weighted by molar-refractivity contribution is 0.418. The highest BCUT2D eigenvalue weighted by Gasteiger charge is 2.31. The Balaban J connectivity index is 2.27. The van der Waals surface area contributed by atoms with Crippen molar-refractivity contribution in [3.05, 3.63) is 35.3 Å². The molecule has 0 spiro atoms. The first kappa shape index (κ1) is 10.8. The molecule has 2 aromatic heterocycles. The third-order valence-electron chi connectivity index (χ3n) is 3.87. The maximum absolute atomic E-state index is 5.71. The highest BCUT2D eigenvalue weighted by Crippen LogP contribution is 2.36. The maximum Gasteiger partial charge on any atom is 0.137 e. The van der Waals surface area contributed by atoms with Gasteiger partial charge in [-0.1, -0.05) is 19.9 Å². The second-order valence-corrected chi connectivity index (χ2v) is 5.61. The monoisotopic (exact) mass is 229 g/mol. The van der Waals surface area contributed by atoms with Crippen molar-refractivity contribution in [2.75, 3.05) is 0 Å². The molecule has 2 N–H and O–H groups in total. The Morgan fingerprint density at radius 1 is 1.41 bits per heavy atom. The second-order valence-electron chi connectivity index (χ2n) is 5.61. The molecule has 0 atom stereocenters. The Labute approximate surface area is 102 Å². The summed E-state index contributed by atoms with van der Waals surface area (Å²) in [7, 11) is 0. The summed E-state index contributed by atoms with van der Waals surface area (Å²) >= 11 is 0. The van der Waals surface area contributed by atoms with Crippen LogP contribution in [0.5, 0.6) is 0 Å². The number of imidazole rings is 1. The van der Waals surface area contributed by atoms with Gasteiger partial charge in [-0.15, -0.1) is 0 Å². The Kier molecular flexibility index (Phi) is 2.26. The Morgan fingerprint density at radius 3 is 3.00 bits per heavy atom. The van der Waals surface area contributed by atoms with Gasteiger partial charge in [0.25, 0.3) is 0 Å². The van der Waals surface area contributed by atoms with Crippen molar-refractivity contribution in [1.29, 1.82) is 0 Å². The number of aromatic nitrogens is 2. The predicted octanol–water partition coefficient (Wildman–Crippen LogP) is 2.41. The molecule has 1 aliphatic carbocycles. The fraction of sp³-hybridized carbons (Fsp3) is 0.500. The number of hydrogen-bond donors (Lipinski definition) is 1. The van der Waals surface area contributed by atoms with Crippen molar-refractivity contribution >= 4 is 5.65 Å². The first-order valence-corrected chi connectivity index (χ1v) is 6.32. The van der Waals surface area contributed by atoms with Crippen LogP contribution in [-0.4, -0.2) is 9.38 Å². The number of fused-ring (bicyclic) bond motifs is 3. The summed E-state index contributed by atoms with van der Waals surface area (Å²) in [5.41, 5.74) is 10.8. The van der Waals surface area contributed by atoms with Gasteiger partial charge in [-0.2, -0.15) is 0 Å². The van der Waals surface area contributed by atoms with Crippen molar-refractivity contribution < 1.29 is 0 Å². The van der Waals surface area contributed by atoms with E-state index in [2.05, 4.69) is 36.6 Å². The summed E-state index contributed by atoms with van der Waals surface area (Å²) in [5.74, 6) is 0. The predicted molar refractivity (Wildman–Crippen MR) is 69.0 cm³/mol. The zero-order chi connectivity index (χ0) is 12.0. The van der Waals surface area contributed by atoms with E-state index in [1.165, 1.54) is 29.8 Å². The summed E-state index contributed by atoms with van der Waals surface area (Å²) in [5, 5.41) is 0. The molecule has 0 aromatic carbocycles. The molecular weight excluding hydrogens is 210 g/mol. The molecule has 3 heteroatoms. The molecule has 17 heavy (non-hydrogen) atoms. The van der Waals surface area contributed by atoms with Gasteiger partial charge in [0.2, 0.25) is 0 Å². The van der Waals surface area contributed by atoms with E-state index in [1.54, 1.807) is 0 Å². The van der Waals surface area contributed by atoms with E-state index in [-0.39, 0.29) is 5.41 Å². The molecule has 0 bridgehead atoms. The molecule has 2 heterocycles. The van der Waals surface area contributed by atoms with Gasteiger partial charge in [0.05, 0.1) is 5.69 Å². The fourth-order valence-corrected chi connectivity index (χ4v) is 2.86. The van der Waals surface area contributed by atoms with E-state index in [1.807, 2.05) is 0 Å². The van der Waals surface area contributed by atoms with Crippen LogP contribution in [0.3, 0.4) is 0 Å². The van der Waals surface area contributed by atoms with Crippen LogP contribution < -0.4 is 5.73 Å². The average molecular weight is 229 g/mol. The topological polar surface area (TPSA) is 43.3 Å². The summed E-state index contributed by atoms with van der Waals surface area (Å²) in [6.45, 7) is 5.18. The van der Waals surface area contributed by atoms with Gasteiger partial charge in [0, 0.05) is 23.9 Å². The van der Waals surface area contributed by atoms with Crippen molar-refractivity contribution in [2.45, 2.75) is 45.1 Å². The van der Waals surface area contributed by atoms with Crippen LogP contribution in [0.25, 0.3) is 5.65 Å². The third kappa shape index (κ3) is 1.57. The highest BCUT2D eigenvalue weighted by atomic mass is 15.0. The average Bonchev–Trinajstić information content (AvgIpc) is 2.68. The lowest BCUT2D eigenvalue weighted by atomic mass is 9.78. The molecule has 2 aromatic rings. The normalized spacial score (nSPS) is 18.3. The van der Waals surface area contributed by atoms with Gasteiger partial charge >= 0.3 is 0 Å². The smallest absolute Gasteiger partial charge is 0.137 e. The summed E-state index contributed by atoms with van der Waals surface area (Å²) in [6, 6.07) is 4.15. The van der Waals surface area contributed by atoms with Crippen LogP contribution >= 0.6 is 0 Å². The summed E-state index contributed by atoms with van der Waals surface area (Å²) in [6.07, 6.45) is 5.75. The quantitative estimate of drug-likeness (QED) is 0.816. The highest BCUT2D eigenvalue weighted by molar-refractivity contribution is 5.47. The van der Waals surface area contributed by atoms with Crippen LogP contribution in [0.2, 0.25) is 0 Å². The number of pyridine rings is 1. The molecule has 90 valence electrons. The van der Waals surface area contributed by atoms with Crippen LogP contribution in [0.1, 0.15) is 43.6 Å². The Bertz CT molecular complexity index is 566. The number of aryl methyl sites for hydroxylation is 1. The molecule has 0 radical (unpaired) electrons. The molecule has 3 nitrogen and oxygen atoms in total. The third-order valence-corrected chi connectivity index (χ3v) is 3.87. The molecule has 0 aliphatic heterocycles. The zero-order valence-corrected chi connectivity index (χ0v) is 10.5. The molecular formula is C14H19N3. The van der Waals surface area contributed by atoms with Crippen LogP contribution in [0, 0.1) is 0 Å². The number of nitrogens with two attached hydrogens (primary N) is 1. The zero-order valence-electron chi connectivity index (χ0n) is 10.5. The van der Waals surface area contributed by atoms with E-state index in [0.717, 1.165) is 12.1 Å². The van der Waals surface area contributed by atoms with E-state index >= 15 is 0 Å². The number of nitrogens with zero attached hydrogens (tertiary/aromatic N) is 2. The molecule has 0 fully saturated rings. The van der Waals surface area contributed by atoms with Gasteiger partial charge < -0.3 is 10.1 Å². The van der Waals surface area contributed by atoms with Crippen molar-refractivity contribution in [3.8, 4) is 0 Å². The van der Waals surface area contributed by atoms with Gasteiger partial charge in [0.15, 0.2) is 0 Å². The lowest BCUT2D eigenvalue weighted by Gasteiger charge is -2.28. The van der Waals surface area contributed by atoms with Gasteiger partial charge in [-0.05, 0) is 30.9 Å². The molecule has 1 aliphatic rings. The largest absolute Gasteiger partial charge is 0.326 e. The summed E-state index contributed by atoms with van der Waals surface area (Å²) < 4.78 is 2.23. The van der Waals surface area contributed by atoms with Crippen LogP contribution in [0.15, 0.2) is 18.3 Å². The van der Waals surface area contributed by atoms with Gasteiger partial charge in [0.1, 0.15) is 5.65 Å². The molecule has 0 amide bonds. The van der Waals surface area contributed by atoms with Crippen LogP contribution in [0.4, 0.5) is 0 Å². The molecule has 0 saturated heterocycles. The fourth-order valence-electron chi connectivity index (χ4n) is 2.86.